The predicted molar refractivity (Wildman–Crippen MR) is 79.2 cm³/mol. The third kappa shape index (κ3) is 1.67. The zero-order valence-electron chi connectivity index (χ0n) is 12.4. The maximum absolute atomic E-state index is 5.97. The molecule has 2 heteroatoms. The number of benzene rings is 1. The molecule has 0 saturated carbocycles. The smallest absolute Gasteiger partial charge is 0.0515 e. The molecule has 0 bridgehead atoms. The Kier molecular flexibility index (Phi) is 3.02. The first-order valence-electron chi connectivity index (χ1n) is 6.57. The molecule has 0 spiro atoms. The second-order valence-corrected chi connectivity index (χ2v) is 6.01. The number of nitrogens with two attached hydrogens (primary N) is 1. The zero-order valence-corrected chi connectivity index (χ0v) is 12.4. The van der Waals surface area contributed by atoms with E-state index < -0.39 is 0 Å². The Labute approximate surface area is 110 Å². The minimum Gasteiger partial charge on any atom is -0.347 e. The van der Waals surface area contributed by atoms with Crippen molar-refractivity contribution in [3.8, 4) is 0 Å². The highest BCUT2D eigenvalue weighted by atomic mass is 15.0. The second-order valence-electron chi connectivity index (χ2n) is 6.01. The van der Waals surface area contributed by atoms with Crippen LogP contribution in [-0.4, -0.2) is 11.1 Å². The first kappa shape index (κ1) is 13.2. The largest absolute Gasteiger partial charge is 0.347 e. The normalized spacial score (nSPS) is 12.4. The van der Waals surface area contributed by atoms with E-state index >= 15 is 0 Å². The van der Waals surface area contributed by atoms with Crippen LogP contribution < -0.4 is 5.73 Å². The van der Waals surface area contributed by atoms with Gasteiger partial charge in [0.25, 0.3) is 0 Å². The van der Waals surface area contributed by atoms with Gasteiger partial charge in [0.05, 0.1) is 5.52 Å². The van der Waals surface area contributed by atoms with Gasteiger partial charge in [0.1, 0.15) is 0 Å². The first-order valence-corrected chi connectivity index (χ1v) is 6.57. The van der Waals surface area contributed by atoms with Crippen molar-refractivity contribution in [2.75, 3.05) is 6.54 Å². The van der Waals surface area contributed by atoms with Gasteiger partial charge < -0.3 is 10.3 Å². The van der Waals surface area contributed by atoms with Crippen molar-refractivity contribution < 1.29 is 0 Å². The molecule has 18 heavy (non-hydrogen) atoms. The van der Waals surface area contributed by atoms with E-state index in [1.807, 2.05) is 0 Å². The second kappa shape index (κ2) is 4.13. The maximum Gasteiger partial charge on any atom is 0.0515 e. The number of rotatable bonds is 2. The molecule has 0 amide bonds. The number of fused-ring (bicyclic) bond motifs is 1. The molecule has 0 atom stereocenters. The molecule has 2 N–H and O–H groups in total. The summed E-state index contributed by atoms with van der Waals surface area (Å²) in [5.41, 5.74) is 12.8. The van der Waals surface area contributed by atoms with E-state index in [9.17, 15) is 0 Å². The van der Waals surface area contributed by atoms with Crippen molar-refractivity contribution in [2.45, 2.75) is 40.0 Å². The molecule has 98 valence electrons. The fourth-order valence-corrected chi connectivity index (χ4v) is 2.92. The number of aromatic nitrogens is 1. The Morgan fingerprint density at radius 1 is 1.17 bits per heavy atom. The molecule has 2 rings (SSSR count). The summed E-state index contributed by atoms with van der Waals surface area (Å²) in [5, 5.41) is 1.36. The quantitative estimate of drug-likeness (QED) is 0.863. The van der Waals surface area contributed by atoms with E-state index in [4.69, 9.17) is 5.73 Å². The lowest BCUT2D eigenvalue weighted by Gasteiger charge is -2.23. The summed E-state index contributed by atoms with van der Waals surface area (Å²) in [6.45, 7) is 11.7. The van der Waals surface area contributed by atoms with Crippen molar-refractivity contribution in [1.29, 1.82) is 0 Å². The summed E-state index contributed by atoms with van der Waals surface area (Å²) in [6.07, 6.45) is 0. The van der Waals surface area contributed by atoms with Crippen molar-refractivity contribution in [2.24, 2.45) is 12.8 Å². The van der Waals surface area contributed by atoms with Crippen molar-refractivity contribution in [3.05, 3.63) is 34.5 Å². The third-order valence-electron chi connectivity index (χ3n) is 4.36. The Morgan fingerprint density at radius 2 is 1.78 bits per heavy atom. The van der Waals surface area contributed by atoms with Gasteiger partial charge in [-0.1, -0.05) is 26.0 Å². The van der Waals surface area contributed by atoms with Crippen LogP contribution in [0, 0.1) is 20.8 Å². The molecule has 0 saturated heterocycles. The monoisotopic (exact) mass is 244 g/mol. The van der Waals surface area contributed by atoms with E-state index in [0.717, 1.165) is 0 Å². The van der Waals surface area contributed by atoms with E-state index in [-0.39, 0.29) is 5.41 Å². The molecule has 1 aromatic carbocycles. The lowest BCUT2D eigenvalue weighted by Crippen LogP contribution is -2.28. The van der Waals surface area contributed by atoms with Gasteiger partial charge in [-0.3, -0.25) is 0 Å². The first-order chi connectivity index (χ1) is 8.31. The molecule has 0 radical (unpaired) electrons. The maximum atomic E-state index is 5.97. The molecule has 0 aliphatic heterocycles. The van der Waals surface area contributed by atoms with Gasteiger partial charge in [0.2, 0.25) is 0 Å². The van der Waals surface area contributed by atoms with Crippen LogP contribution in [0.15, 0.2) is 12.1 Å². The van der Waals surface area contributed by atoms with Crippen LogP contribution in [0.5, 0.6) is 0 Å². The topological polar surface area (TPSA) is 30.9 Å². The van der Waals surface area contributed by atoms with Crippen LogP contribution in [0.3, 0.4) is 0 Å². The highest BCUT2D eigenvalue weighted by Crippen LogP contribution is 2.36. The number of nitrogens with zero attached hydrogens (tertiary/aromatic N) is 1. The third-order valence-corrected chi connectivity index (χ3v) is 4.36. The van der Waals surface area contributed by atoms with Crippen molar-refractivity contribution >= 4 is 10.9 Å². The molecule has 1 aromatic heterocycles. The van der Waals surface area contributed by atoms with Gasteiger partial charge in [0, 0.05) is 30.1 Å². The fraction of sp³-hybridized carbons (Fsp3) is 0.500. The SMILES string of the molecule is Cc1ccc2c(C(C)(C)CN)c(C)n(C)c2c1C. The van der Waals surface area contributed by atoms with Crippen LogP contribution in [-0.2, 0) is 12.5 Å². The number of hydrogen-bond donors (Lipinski definition) is 1. The highest BCUT2D eigenvalue weighted by Gasteiger charge is 2.26. The zero-order chi connectivity index (χ0) is 13.7. The summed E-state index contributed by atoms with van der Waals surface area (Å²) < 4.78 is 2.31. The minimum absolute atomic E-state index is 0.0191. The van der Waals surface area contributed by atoms with E-state index in [1.54, 1.807) is 0 Å². The summed E-state index contributed by atoms with van der Waals surface area (Å²) in [6, 6.07) is 4.46. The Morgan fingerprint density at radius 3 is 2.33 bits per heavy atom. The lowest BCUT2D eigenvalue weighted by atomic mass is 9.82. The van der Waals surface area contributed by atoms with Crippen LogP contribution >= 0.6 is 0 Å². The Hall–Kier alpha value is -1.28. The predicted octanol–water partition coefficient (Wildman–Crippen LogP) is 3.34. The molecule has 2 aromatic rings. The summed E-state index contributed by atoms with van der Waals surface area (Å²) in [4.78, 5) is 0. The minimum atomic E-state index is 0.0191. The van der Waals surface area contributed by atoms with Crippen LogP contribution in [0.2, 0.25) is 0 Å². The van der Waals surface area contributed by atoms with Gasteiger partial charge in [-0.05, 0) is 37.5 Å². The van der Waals surface area contributed by atoms with Gasteiger partial charge in [0.15, 0.2) is 0 Å². The molecular formula is C16H24N2. The summed E-state index contributed by atoms with van der Waals surface area (Å²) in [7, 11) is 2.15. The fourth-order valence-electron chi connectivity index (χ4n) is 2.92. The lowest BCUT2D eigenvalue weighted by molar-refractivity contribution is 0.537. The van der Waals surface area contributed by atoms with Crippen molar-refractivity contribution in [1.82, 2.24) is 4.57 Å². The molecule has 0 unspecified atom stereocenters. The van der Waals surface area contributed by atoms with E-state index in [2.05, 4.69) is 58.4 Å². The van der Waals surface area contributed by atoms with Gasteiger partial charge in [-0.15, -0.1) is 0 Å². The van der Waals surface area contributed by atoms with Crippen LogP contribution in [0.25, 0.3) is 10.9 Å². The Bertz CT molecular complexity index is 603. The van der Waals surface area contributed by atoms with Crippen molar-refractivity contribution in [3.63, 3.8) is 0 Å². The molecule has 0 aliphatic carbocycles. The highest BCUT2D eigenvalue weighted by molar-refractivity contribution is 5.90. The molecule has 1 heterocycles. The van der Waals surface area contributed by atoms with Gasteiger partial charge in [-0.25, -0.2) is 0 Å². The van der Waals surface area contributed by atoms with Crippen LogP contribution in [0.4, 0.5) is 0 Å². The molecular weight excluding hydrogens is 220 g/mol. The van der Waals surface area contributed by atoms with Crippen LogP contribution in [0.1, 0.15) is 36.2 Å². The number of hydrogen-bond acceptors (Lipinski definition) is 1. The summed E-state index contributed by atoms with van der Waals surface area (Å²) >= 11 is 0. The van der Waals surface area contributed by atoms with Gasteiger partial charge >= 0.3 is 0 Å². The number of aryl methyl sites for hydroxylation is 3. The van der Waals surface area contributed by atoms with Gasteiger partial charge in [-0.2, -0.15) is 0 Å². The Balaban J connectivity index is 2.93. The standard InChI is InChI=1S/C16H24N2/c1-10-7-8-13-14(16(4,5)9-17)12(3)18(6)15(13)11(10)2/h7-8H,9,17H2,1-6H3. The molecule has 0 aliphatic rings. The summed E-state index contributed by atoms with van der Waals surface area (Å²) in [5.74, 6) is 0. The van der Waals surface area contributed by atoms with E-state index in [0.29, 0.717) is 6.54 Å². The van der Waals surface area contributed by atoms with E-state index in [1.165, 1.54) is 33.3 Å². The average molecular weight is 244 g/mol. The molecule has 0 fully saturated rings. The molecule has 2 nitrogen and oxygen atoms in total. The average Bonchev–Trinajstić information content (AvgIpc) is 2.58.